The van der Waals surface area contributed by atoms with Crippen LogP contribution < -0.4 is 5.56 Å². The smallest absolute Gasteiger partial charge is 0.267 e. The second-order valence-electron chi connectivity index (χ2n) is 4.14. The molecule has 3 aromatic rings. The molecule has 1 aromatic carbocycles. The molecular formula is C13H10ClN3OS. The first-order chi connectivity index (χ1) is 9.19. The summed E-state index contributed by atoms with van der Waals surface area (Å²) in [6.45, 7) is 2.02. The zero-order valence-electron chi connectivity index (χ0n) is 10.1. The minimum absolute atomic E-state index is 0.197. The number of halogens is 1. The average molecular weight is 292 g/mol. The molecule has 3 rings (SSSR count). The number of hydrogen-bond donors (Lipinski definition) is 0. The molecule has 0 aliphatic rings. The highest BCUT2D eigenvalue weighted by atomic mass is 35.5. The third-order valence-electron chi connectivity index (χ3n) is 2.81. The Hall–Kier alpha value is -1.72. The van der Waals surface area contributed by atoms with Gasteiger partial charge in [-0.3, -0.25) is 4.79 Å². The van der Waals surface area contributed by atoms with Gasteiger partial charge in [0.25, 0.3) is 5.56 Å². The van der Waals surface area contributed by atoms with Gasteiger partial charge in [0, 0.05) is 11.6 Å². The van der Waals surface area contributed by atoms with E-state index in [0.29, 0.717) is 10.7 Å². The van der Waals surface area contributed by atoms with E-state index in [1.165, 1.54) is 21.9 Å². The summed E-state index contributed by atoms with van der Waals surface area (Å²) in [5.41, 5.74) is 2.51. The molecule has 0 radical (unpaired) electrons. The van der Waals surface area contributed by atoms with E-state index in [9.17, 15) is 4.79 Å². The number of alkyl halides is 1. The molecule has 0 saturated carbocycles. The van der Waals surface area contributed by atoms with Crippen molar-refractivity contribution in [1.29, 1.82) is 0 Å². The number of rotatable bonds is 2. The fourth-order valence-electron chi connectivity index (χ4n) is 1.85. The average Bonchev–Trinajstić information content (AvgIpc) is 2.83. The number of benzene rings is 1. The van der Waals surface area contributed by atoms with E-state index in [4.69, 9.17) is 11.6 Å². The van der Waals surface area contributed by atoms with Crippen LogP contribution in [0.25, 0.3) is 15.5 Å². The molecular weight excluding hydrogens is 282 g/mol. The van der Waals surface area contributed by atoms with Gasteiger partial charge in [0.1, 0.15) is 5.01 Å². The summed E-state index contributed by atoms with van der Waals surface area (Å²) < 4.78 is 1.32. The van der Waals surface area contributed by atoms with E-state index in [2.05, 4.69) is 10.1 Å². The second-order valence-corrected chi connectivity index (χ2v) is 5.36. The summed E-state index contributed by atoms with van der Waals surface area (Å²) in [5, 5.41) is 5.12. The number of fused-ring (bicyclic) bond motifs is 1. The quantitative estimate of drug-likeness (QED) is 0.682. The third kappa shape index (κ3) is 2.15. The first kappa shape index (κ1) is 12.3. The minimum Gasteiger partial charge on any atom is -0.267 e. The first-order valence-corrected chi connectivity index (χ1v) is 7.06. The molecule has 0 aliphatic carbocycles. The number of nitrogens with zero attached hydrogens (tertiary/aromatic N) is 3. The molecule has 96 valence electrons. The molecule has 4 nitrogen and oxygen atoms in total. The van der Waals surface area contributed by atoms with Crippen molar-refractivity contribution in [3.63, 3.8) is 0 Å². The van der Waals surface area contributed by atoms with Gasteiger partial charge in [0.15, 0.2) is 0 Å². The summed E-state index contributed by atoms with van der Waals surface area (Å²) in [6.07, 6.45) is 0. The standard InChI is InChI=1S/C13H10ClN3OS/c1-8-4-2-3-5-10(8)12-16-17-11(18)6-9(7-14)15-13(17)19-12/h2-6H,7H2,1H3. The normalized spacial score (nSPS) is 11.1. The molecule has 19 heavy (non-hydrogen) atoms. The molecule has 0 N–H and O–H groups in total. The monoisotopic (exact) mass is 291 g/mol. The summed E-state index contributed by atoms with van der Waals surface area (Å²) in [6, 6.07) is 9.35. The van der Waals surface area contributed by atoms with Gasteiger partial charge in [-0.05, 0) is 12.5 Å². The second kappa shape index (κ2) is 4.75. The van der Waals surface area contributed by atoms with Crippen LogP contribution >= 0.6 is 22.9 Å². The van der Waals surface area contributed by atoms with Crippen molar-refractivity contribution in [1.82, 2.24) is 14.6 Å². The van der Waals surface area contributed by atoms with Gasteiger partial charge in [0.2, 0.25) is 4.96 Å². The summed E-state index contributed by atoms with van der Waals surface area (Å²) in [4.78, 5) is 16.8. The first-order valence-electron chi connectivity index (χ1n) is 5.71. The van der Waals surface area contributed by atoms with E-state index in [0.717, 1.165) is 16.1 Å². The van der Waals surface area contributed by atoms with E-state index in [1.54, 1.807) is 0 Å². The van der Waals surface area contributed by atoms with Crippen molar-refractivity contribution in [3.8, 4) is 10.6 Å². The lowest BCUT2D eigenvalue weighted by molar-refractivity contribution is 0.891. The number of hydrogen-bond acceptors (Lipinski definition) is 4. The largest absolute Gasteiger partial charge is 0.275 e. The molecule has 0 bridgehead atoms. The Morgan fingerprint density at radius 3 is 2.89 bits per heavy atom. The van der Waals surface area contributed by atoms with E-state index < -0.39 is 0 Å². The van der Waals surface area contributed by atoms with Crippen LogP contribution in [0, 0.1) is 6.92 Å². The zero-order chi connectivity index (χ0) is 13.4. The minimum atomic E-state index is -0.197. The summed E-state index contributed by atoms with van der Waals surface area (Å²) >= 11 is 7.11. The molecule has 0 fully saturated rings. The SMILES string of the molecule is Cc1ccccc1-c1nn2c(=O)cc(CCl)nc2s1. The number of aryl methyl sites for hydroxylation is 1. The van der Waals surface area contributed by atoms with E-state index in [1.807, 2.05) is 31.2 Å². The van der Waals surface area contributed by atoms with Crippen molar-refractivity contribution >= 4 is 27.9 Å². The van der Waals surface area contributed by atoms with Gasteiger partial charge in [-0.1, -0.05) is 35.6 Å². The van der Waals surface area contributed by atoms with Crippen molar-refractivity contribution in [2.45, 2.75) is 12.8 Å². The van der Waals surface area contributed by atoms with Gasteiger partial charge in [-0.2, -0.15) is 9.61 Å². The Morgan fingerprint density at radius 2 is 2.16 bits per heavy atom. The lowest BCUT2D eigenvalue weighted by Crippen LogP contribution is -2.14. The lowest BCUT2D eigenvalue weighted by atomic mass is 10.1. The van der Waals surface area contributed by atoms with Gasteiger partial charge < -0.3 is 0 Å². The predicted molar refractivity (Wildman–Crippen MR) is 76.9 cm³/mol. The maximum atomic E-state index is 11.9. The van der Waals surface area contributed by atoms with Gasteiger partial charge in [-0.25, -0.2) is 4.98 Å². The Bertz CT molecular complexity index is 809. The van der Waals surface area contributed by atoms with Crippen LogP contribution in [-0.4, -0.2) is 14.6 Å². The Kier molecular flexibility index (Phi) is 3.08. The Morgan fingerprint density at radius 1 is 1.37 bits per heavy atom. The Balaban J connectivity index is 2.25. The van der Waals surface area contributed by atoms with Crippen molar-refractivity contribution in [2.24, 2.45) is 0 Å². The van der Waals surface area contributed by atoms with Crippen LogP contribution in [0.3, 0.4) is 0 Å². The molecule has 0 spiro atoms. The number of aromatic nitrogens is 3. The summed E-state index contributed by atoms with van der Waals surface area (Å²) in [5.74, 6) is 0.226. The molecule has 0 atom stereocenters. The van der Waals surface area contributed by atoms with Gasteiger partial charge >= 0.3 is 0 Å². The van der Waals surface area contributed by atoms with Crippen molar-refractivity contribution < 1.29 is 0 Å². The lowest BCUT2D eigenvalue weighted by Gasteiger charge is -1.98. The van der Waals surface area contributed by atoms with Crippen molar-refractivity contribution in [2.75, 3.05) is 0 Å². The van der Waals surface area contributed by atoms with Crippen molar-refractivity contribution in [3.05, 3.63) is 51.9 Å². The molecule has 2 heterocycles. The zero-order valence-corrected chi connectivity index (χ0v) is 11.7. The molecule has 2 aromatic heterocycles. The van der Waals surface area contributed by atoms with Crippen LogP contribution in [0.1, 0.15) is 11.3 Å². The fourth-order valence-corrected chi connectivity index (χ4v) is 3.00. The predicted octanol–water partition coefficient (Wildman–Crippen LogP) is 2.87. The van der Waals surface area contributed by atoms with E-state index >= 15 is 0 Å². The van der Waals surface area contributed by atoms with Gasteiger partial charge in [-0.15, -0.1) is 11.6 Å². The highest BCUT2D eigenvalue weighted by Gasteiger charge is 2.11. The molecule has 6 heteroatoms. The summed E-state index contributed by atoms with van der Waals surface area (Å²) in [7, 11) is 0. The van der Waals surface area contributed by atoms with Crippen LogP contribution in [0.2, 0.25) is 0 Å². The van der Waals surface area contributed by atoms with Crippen LogP contribution in [0.5, 0.6) is 0 Å². The Labute approximate surface area is 118 Å². The third-order valence-corrected chi connectivity index (χ3v) is 4.03. The maximum absolute atomic E-state index is 11.9. The molecule has 0 amide bonds. The fraction of sp³-hybridized carbons (Fsp3) is 0.154. The van der Waals surface area contributed by atoms with Crippen LogP contribution in [0.15, 0.2) is 35.1 Å². The topological polar surface area (TPSA) is 47.3 Å². The van der Waals surface area contributed by atoms with E-state index in [-0.39, 0.29) is 11.4 Å². The van der Waals surface area contributed by atoms with Gasteiger partial charge in [0.05, 0.1) is 11.6 Å². The highest BCUT2D eigenvalue weighted by molar-refractivity contribution is 7.19. The van der Waals surface area contributed by atoms with Crippen LogP contribution in [-0.2, 0) is 5.88 Å². The van der Waals surface area contributed by atoms with Crippen LogP contribution in [0.4, 0.5) is 0 Å². The highest BCUT2D eigenvalue weighted by Crippen LogP contribution is 2.26. The molecule has 0 saturated heterocycles. The maximum Gasteiger partial charge on any atom is 0.275 e. The molecule has 0 aliphatic heterocycles. The molecule has 0 unspecified atom stereocenters.